The Bertz CT molecular complexity index is 738. The van der Waals surface area contributed by atoms with Gasteiger partial charge in [-0.15, -0.1) is 0 Å². The third kappa shape index (κ3) is 4.26. The lowest BCUT2D eigenvalue weighted by Gasteiger charge is -2.33. The van der Waals surface area contributed by atoms with E-state index in [0.29, 0.717) is 19.0 Å². The summed E-state index contributed by atoms with van der Waals surface area (Å²) < 4.78 is 26.9. The number of quaternary nitrogens is 1. The van der Waals surface area contributed by atoms with Gasteiger partial charge in [-0.1, -0.05) is 12.2 Å². The molecule has 7 nitrogen and oxygen atoms in total. The van der Waals surface area contributed by atoms with Gasteiger partial charge < -0.3 is 4.90 Å². The van der Waals surface area contributed by atoms with Crippen LogP contribution in [0.3, 0.4) is 0 Å². The van der Waals surface area contributed by atoms with Crippen molar-refractivity contribution < 1.29 is 18.2 Å². The summed E-state index contributed by atoms with van der Waals surface area (Å²) in [4.78, 5) is 11.8. The molecule has 2 aliphatic rings. The average Bonchev–Trinajstić information content (AvgIpc) is 2.63. The Hall–Kier alpha value is -1.77. The largest absolute Gasteiger partial charge is 0.333 e. The number of benzene rings is 1. The lowest BCUT2D eigenvalue weighted by atomic mass is 9.94. The Balaban J connectivity index is 1.59. The van der Waals surface area contributed by atoms with Gasteiger partial charge in [0.2, 0.25) is 10.0 Å². The minimum Gasteiger partial charge on any atom is -0.333 e. The van der Waals surface area contributed by atoms with Crippen LogP contribution in [-0.2, 0) is 10.0 Å². The van der Waals surface area contributed by atoms with E-state index >= 15 is 0 Å². The zero-order chi connectivity index (χ0) is 17.9. The van der Waals surface area contributed by atoms with Crippen molar-refractivity contribution in [1.29, 1.82) is 0 Å². The molecular formula is C17H24N3O4S+. The van der Waals surface area contributed by atoms with Gasteiger partial charge in [0, 0.05) is 18.1 Å². The highest BCUT2D eigenvalue weighted by Gasteiger charge is 2.31. The number of rotatable bonds is 5. The van der Waals surface area contributed by atoms with Crippen molar-refractivity contribution in [3.8, 4) is 0 Å². The molecule has 8 heteroatoms. The molecule has 1 unspecified atom stereocenters. The van der Waals surface area contributed by atoms with Crippen molar-refractivity contribution in [2.75, 3.05) is 32.7 Å². The molecular weight excluding hydrogens is 342 g/mol. The van der Waals surface area contributed by atoms with Crippen LogP contribution in [0.5, 0.6) is 0 Å². The van der Waals surface area contributed by atoms with E-state index in [4.69, 9.17) is 0 Å². The number of hydrogen-bond donors (Lipinski definition) is 1. The summed E-state index contributed by atoms with van der Waals surface area (Å²) in [5, 5.41) is 10.7. The maximum Gasteiger partial charge on any atom is 0.269 e. The van der Waals surface area contributed by atoms with Crippen LogP contribution in [0.15, 0.2) is 41.3 Å². The summed E-state index contributed by atoms with van der Waals surface area (Å²) in [6.07, 6.45) is 8.00. The second-order valence-electron chi connectivity index (χ2n) is 6.76. The van der Waals surface area contributed by atoms with Crippen LogP contribution in [0.4, 0.5) is 5.69 Å². The topological polar surface area (TPSA) is 85.0 Å². The molecule has 1 heterocycles. The number of non-ortho nitro benzene ring substituents is 1. The second kappa shape index (κ2) is 7.63. The second-order valence-corrected chi connectivity index (χ2v) is 8.70. The van der Waals surface area contributed by atoms with Gasteiger partial charge in [-0.2, -0.15) is 4.31 Å². The Labute approximate surface area is 148 Å². The van der Waals surface area contributed by atoms with E-state index in [1.165, 1.54) is 39.9 Å². The minimum absolute atomic E-state index is 0.102. The molecule has 0 amide bonds. The minimum atomic E-state index is -3.57. The number of sulfonamides is 1. The number of piperazine rings is 1. The summed E-state index contributed by atoms with van der Waals surface area (Å²) >= 11 is 0. The van der Waals surface area contributed by atoms with E-state index in [1.807, 2.05) is 0 Å². The molecule has 1 aromatic carbocycles. The van der Waals surface area contributed by atoms with Gasteiger partial charge in [-0.25, -0.2) is 8.42 Å². The maximum atomic E-state index is 12.7. The van der Waals surface area contributed by atoms with Gasteiger partial charge in [0.1, 0.15) is 0 Å². The fourth-order valence-electron chi connectivity index (χ4n) is 3.59. The van der Waals surface area contributed by atoms with Gasteiger partial charge in [0.05, 0.1) is 42.5 Å². The molecule has 1 aliphatic carbocycles. The summed E-state index contributed by atoms with van der Waals surface area (Å²) in [5.41, 5.74) is -0.102. The standard InChI is InChI=1S/C17H23N3O4S/c21-20(22)16-6-8-17(9-7-16)25(23,24)19-12-10-18(11-13-19)14-15-4-2-1-3-5-15/h1-2,6-9,15H,3-5,10-14H2/p+1. The Morgan fingerprint density at radius 3 is 2.40 bits per heavy atom. The van der Waals surface area contributed by atoms with E-state index in [2.05, 4.69) is 12.2 Å². The average molecular weight is 366 g/mol. The van der Waals surface area contributed by atoms with Crippen molar-refractivity contribution in [1.82, 2.24) is 4.31 Å². The zero-order valence-electron chi connectivity index (χ0n) is 14.1. The summed E-state index contributed by atoms with van der Waals surface area (Å²) in [6, 6.07) is 5.12. The number of hydrogen-bond acceptors (Lipinski definition) is 4. The van der Waals surface area contributed by atoms with Crippen LogP contribution in [0, 0.1) is 16.0 Å². The monoisotopic (exact) mass is 366 g/mol. The molecule has 3 rings (SSSR count). The number of nitro benzene ring substituents is 1. The third-order valence-corrected chi connectivity index (χ3v) is 6.98. The van der Waals surface area contributed by atoms with Crippen molar-refractivity contribution >= 4 is 15.7 Å². The van der Waals surface area contributed by atoms with Gasteiger partial charge in [-0.05, 0) is 31.4 Å². The molecule has 1 N–H and O–H groups in total. The molecule has 0 bridgehead atoms. The van der Waals surface area contributed by atoms with E-state index < -0.39 is 14.9 Å². The summed E-state index contributed by atoms with van der Waals surface area (Å²) in [7, 11) is -3.57. The Morgan fingerprint density at radius 1 is 1.16 bits per heavy atom. The van der Waals surface area contributed by atoms with Crippen LogP contribution in [0.25, 0.3) is 0 Å². The molecule has 1 atom stereocenters. The lowest BCUT2D eigenvalue weighted by molar-refractivity contribution is -0.907. The van der Waals surface area contributed by atoms with Gasteiger partial charge in [0.25, 0.3) is 5.69 Å². The fourth-order valence-corrected chi connectivity index (χ4v) is 5.03. The van der Waals surface area contributed by atoms with Crippen LogP contribution < -0.4 is 4.90 Å². The van der Waals surface area contributed by atoms with Crippen LogP contribution in [0.2, 0.25) is 0 Å². The molecule has 25 heavy (non-hydrogen) atoms. The van der Waals surface area contributed by atoms with Crippen molar-refractivity contribution in [3.05, 3.63) is 46.5 Å². The predicted octanol–water partition coefficient (Wildman–Crippen LogP) is 0.840. The highest BCUT2D eigenvalue weighted by molar-refractivity contribution is 7.89. The van der Waals surface area contributed by atoms with E-state index in [0.717, 1.165) is 32.5 Å². The number of nitrogens with one attached hydrogen (secondary N) is 1. The van der Waals surface area contributed by atoms with Crippen molar-refractivity contribution in [2.24, 2.45) is 5.92 Å². The smallest absolute Gasteiger partial charge is 0.269 e. The quantitative estimate of drug-likeness (QED) is 0.475. The molecule has 0 saturated carbocycles. The highest BCUT2D eigenvalue weighted by Crippen LogP contribution is 2.20. The molecule has 1 aliphatic heterocycles. The molecule has 1 aromatic rings. The maximum absolute atomic E-state index is 12.7. The molecule has 0 spiro atoms. The summed E-state index contributed by atoms with van der Waals surface area (Å²) in [5.74, 6) is 0.706. The van der Waals surface area contributed by atoms with Gasteiger partial charge >= 0.3 is 0 Å². The zero-order valence-corrected chi connectivity index (χ0v) is 15.0. The van der Waals surface area contributed by atoms with Crippen molar-refractivity contribution in [3.63, 3.8) is 0 Å². The van der Waals surface area contributed by atoms with Crippen LogP contribution in [0.1, 0.15) is 19.3 Å². The number of nitro groups is 1. The highest BCUT2D eigenvalue weighted by atomic mass is 32.2. The first kappa shape index (κ1) is 18.0. The summed E-state index contributed by atoms with van der Waals surface area (Å²) in [6.45, 7) is 3.73. The van der Waals surface area contributed by atoms with E-state index in [-0.39, 0.29) is 10.6 Å². The Morgan fingerprint density at radius 2 is 1.84 bits per heavy atom. The van der Waals surface area contributed by atoms with Gasteiger partial charge in [-0.3, -0.25) is 10.1 Å². The fraction of sp³-hybridized carbons (Fsp3) is 0.529. The normalized spacial score (nSPS) is 22.8. The van der Waals surface area contributed by atoms with Crippen molar-refractivity contribution in [2.45, 2.75) is 24.2 Å². The molecule has 0 radical (unpaired) electrons. The van der Waals surface area contributed by atoms with E-state index in [9.17, 15) is 18.5 Å². The number of allylic oxidation sites excluding steroid dienone is 2. The third-order valence-electron chi connectivity index (χ3n) is 5.07. The SMILES string of the molecule is O=[N+]([O-])c1ccc(S(=O)(=O)N2CC[NH+](CC3CC=CCC3)CC2)cc1. The van der Waals surface area contributed by atoms with E-state index in [1.54, 1.807) is 0 Å². The van der Waals surface area contributed by atoms with Gasteiger partial charge in [0.15, 0.2) is 0 Å². The molecule has 0 aromatic heterocycles. The Kier molecular flexibility index (Phi) is 5.51. The predicted molar refractivity (Wildman–Crippen MR) is 93.9 cm³/mol. The molecule has 1 fully saturated rings. The lowest BCUT2D eigenvalue weighted by Crippen LogP contribution is -3.15. The van der Waals surface area contributed by atoms with Crippen LogP contribution >= 0.6 is 0 Å². The first-order valence-corrected chi connectivity index (χ1v) is 10.1. The molecule has 136 valence electrons. The first-order valence-electron chi connectivity index (χ1n) is 8.70. The first-order chi connectivity index (χ1) is 12.0. The van der Waals surface area contributed by atoms with Crippen LogP contribution in [-0.4, -0.2) is 50.4 Å². The molecule has 1 saturated heterocycles. The number of nitrogens with zero attached hydrogens (tertiary/aromatic N) is 2.